The lowest BCUT2D eigenvalue weighted by Crippen LogP contribution is -2.63. The number of nitrogens with one attached hydrogen (secondary N) is 1. The van der Waals surface area contributed by atoms with Gasteiger partial charge in [0.25, 0.3) is 5.56 Å². The van der Waals surface area contributed by atoms with Gasteiger partial charge in [0.15, 0.2) is 0 Å². The van der Waals surface area contributed by atoms with Crippen molar-refractivity contribution in [2.75, 3.05) is 24.5 Å². The third kappa shape index (κ3) is 3.77. The van der Waals surface area contributed by atoms with Crippen LogP contribution >= 0.6 is 11.6 Å². The van der Waals surface area contributed by atoms with Crippen molar-refractivity contribution in [3.05, 3.63) is 74.1 Å². The number of H-pyrrole nitrogens is 1. The van der Waals surface area contributed by atoms with E-state index in [0.717, 1.165) is 44.6 Å². The number of fused-ring (bicyclic) bond motifs is 4. The van der Waals surface area contributed by atoms with Crippen molar-refractivity contribution in [3.8, 4) is 0 Å². The molecule has 0 saturated carbocycles. The maximum atomic E-state index is 13.3. The fourth-order valence-corrected chi connectivity index (χ4v) is 5.24. The highest BCUT2D eigenvalue weighted by Gasteiger charge is 2.38. The quantitative estimate of drug-likeness (QED) is 0.659. The summed E-state index contributed by atoms with van der Waals surface area (Å²) in [6, 6.07) is 12.6. The van der Waals surface area contributed by atoms with E-state index in [1.54, 1.807) is 18.2 Å². The van der Waals surface area contributed by atoms with Crippen LogP contribution in [0.1, 0.15) is 19.3 Å². The van der Waals surface area contributed by atoms with Crippen molar-refractivity contribution in [2.24, 2.45) is 0 Å². The summed E-state index contributed by atoms with van der Waals surface area (Å²) in [6.07, 6.45) is 2.98. The molecule has 3 fully saturated rings. The number of piperazine rings is 1. The molecule has 0 aliphatic carbocycles. The Morgan fingerprint density at radius 1 is 1.00 bits per heavy atom. The first-order valence-corrected chi connectivity index (χ1v) is 11.1. The summed E-state index contributed by atoms with van der Waals surface area (Å²) in [4.78, 5) is 32.8. The summed E-state index contributed by atoms with van der Waals surface area (Å²) in [5, 5.41) is 0.799. The second kappa shape index (κ2) is 8.13. The number of benzene rings is 2. The van der Waals surface area contributed by atoms with Crippen molar-refractivity contribution in [3.63, 3.8) is 0 Å². The number of rotatable bonds is 5. The van der Waals surface area contributed by atoms with Crippen LogP contribution in [0.25, 0.3) is 10.9 Å². The highest BCUT2D eigenvalue weighted by molar-refractivity contribution is 6.34. The van der Waals surface area contributed by atoms with Gasteiger partial charge in [-0.15, -0.1) is 0 Å². The minimum Gasteiger partial charge on any atom is -0.366 e. The van der Waals surface area contributed by atoms with Gasteiger partial charge >= 0.3 is 5.69 Å². The van der Waals surface area contributed by atoms with Crippen LogP contribution in [0.5, 0.6) is 0 Å². The predicted molar refractivity (Wildman–Crippen MR) is 121 cm³/mol. The lowest BCUT2D eigenvalue weighted by atomic mass is 9.90. The number of aromatic nitrogens is 2. The fourth-order valence-electron chi connectivity index (χ4n) is 5.01. The molecule has 3 aliphatic heterocycles. The molecule has 1 N–H and O–H groups in total. The zero-order valence-electron chi connectivity index (χ0n) is 17.1. The molecule has 8 heteroatoms. The van der Waals surface area contributed by atoms with E-state index >= 15 is 0 Å². The first-order chi connectivity index (χ1) is 15.0. The van der Waals surface area contributed by atoms with Gasteiger partial charge in [-0.2, -0.15) is 0 Å². The summed E-state index contributed by atoms with van der Waals surface area (Å²) in [7, 11) is 0. The van der Waals surface area contributed by atoms with Gasteiger partial charge in [-0.1, -0.05) is 17.7 Å². The third-order valence-electron chi connectivity index (χ3n) is 6.59. The summed E-state index contributed by atoms with van der Waals surface area (Å²) in [5.41, 5.74) is 0.741. The zero-order valence-corrected chi connectivity index (χ0v) is 17.8. The molecule has 162 valence electrons. The average Bonchev–Trinajstić information content (AvgIpc) is 2.78. The zero-order chi connectivity index (χ0) is 21.5. The minimum absolute atomic E-state index is 0.214. The molecule has 3 aliphatic rings. The second-order valence-corrected chi connectivity index (χ2v) is 8.82. The molecule has 2 aromatic carbocycles. The lowest BCUT2D eigenvalue weighted by molar-refractivity contribution is 0.0935. The monoisotopic (exact) mass is 442 g/mol. The van der Waals surface area contributed by atoms with Gasteiger partial charge in [0.2, 0.25) is 0 Å². The SMILES string of the molecule is O=c1[nH]c2c(Cl)cccc2c(=O)n1CCCN1CC2CCC1CN2c1ccc(F)cc1. The van der Waals surface area contributed by atoms with Crippen LogP contribution in [0, 0.1) is 5.82 Å². The molecule has 2 unspecified atom stereocenters. The van der Waals surface area contributed by atoms with Crippen molar-refractivity contribution in [1.82, 2.24) is 14.5 Å². The number of piperidine rings is 2. The first-order valence-electron chi connectivity index (χ1n) is 10.7. The Hall–Kier alpha value is -2.64. The van der Waals surface area contributed by atoms with Crippen LogP contribution in [-0.2, 0) is 6.54 Å². The Labute approximate surface area is 183 Å². The van der Waals surface area contributed by atoms with E-state index < -0.39 is 5.69 Å². The number of halogens is 2. The summed E-state index contributed by atoms with van der Waals surface area (Å²) in [5.74, 6) is -0.214. The van der Waals surface area contributed by atoms with Gasteiger partial charge in [0.05, 0.1) is 15.9 Å². The molecule has 4 heterocycles. The minimum atomic E-state index is -0.423. The van der Waals surface area contributed by atoms with E-state index in [4.69, 9.17) is 11.6 Å². The number of aromatic amines is 1. The molecule has 2 atom stereocenters. The van der Waals surface area contributed by atoms with E-state index in [1.807, 2.05) is 12.1 Å². The van der Waals surface area contributed by atoms with E-state index in [1.165, 1.54) is 16.7 Å². The van der Waals surface area contributed by atoms with Gasteiger partial charge in [-0.25, -0.2) is 9.18 Å². The van der Waals surface area contributed by atoms with Gasteiger partial charge in [0, 0.05) is 44.0 Å². The molecule has 31 heavy (non-hydrogen) atoms. The molecule has 3 aromatic rings. The molecule has 0 amide bonds. The highest BCUT2D eigenvalue weighted by atomic mass is 35.5. The lowest BCUT2D eigenvalue weighted by Gasteiger charge is -2.52. The van der Waals surface area contributed by atoms with Gasteiger partial charge in [-0.3, -0.25) is 14.3 Å². The van der Waals surface area contributed by atoms with Crippen LogP contribution < -0.4 is 16.1 Å². The highest BCUT2D eigenvalue weighted by Crippen LogP contribution is 2.32. The maximum Gasteiger partial charge on any atom is 0.328 e. The molecular formula is C23H24ClFN4O2. The number of hydrogen-bond donors (Lipinski definition) is 1. The van der Waals surface area contributed by atoms with Crippen molar-refractivity contribution in [2.45, 2.75) is 37.9 Å². The Balaban J connectivity index is 1.26. The van der Waals surface area contributed by atoms with Crippen molar-refractivity contribution in [1.29, 1.82) is 0 Å². The normalized spacial score (nSPS) is 21.2. The molecule has 6 nitrogen and oxygen atoms in total. The molecule has 0 radical (unpaired) electrons. The number of nitrogens with zero attached hydrogens (tertiary/aromatic N) is 3. The van der Waals surface area contributed by atoms with Crippen LogP contribution in [0.4, 0.5) is 10.1 Å². The largest absolute Gasteiger partial charge is 0.366 e. The smallest absolute Gasteiger partial charge is 0.328 e. The Bertz CT molecular complexity index is 1220. The second-order valence-electron chi connectivity index (χ2n) is 8.41. The fraction of sp³-hybridized carbons (Fsp3) is 0.391. The van der Waals surface area contributed by atoms with Gasteiger partial charge in [-0.05, 0) is 55.7 Å². The van der Waals surface area contributed by atoms with E-state index in [9.17, 15) is 14.0 Å². The number of para-hydroxylation sites is 1. The number of hydrogen-bond acceptors (Lipinski definition) is 4. The molecule has 2 bridgehead atoms. The van der Waals surface area contributed by atoms with Crippen LogP contribution in [0.2, 0.25) is 5.02 Å². The van der Waals surface area contributed by atoms with E-state index in [0.29, 0.717) is 34.6 Å². The summed E-state index contributed by atoms with van der Waals surface area (Å²) < 4.78 is 14.5. The van der Waals surface area contributed by atoms with E-state index in [-0.39, 0.29) is 11.4 Å². The third-order valence-corrected chi connectivity index (χ3v) is 6.91. The van der Waals surface area contributed by atoms with Crippen molar-refractivity contribution >= 4 is 28.2 Å². The maximum absolute atomic E-state index is 13.3. The predicted octanol–water partition coefficient (Wildman–Crippen LogP) is 3.23. The summed E-state index contributed by atoms with van der Waals surface area (Å²) >= 11 is 6.11. The first kappa shape index (κ1) is 20.3. The van der Waals surface area contributed by atoms with Crippen LogP contribution in [0.15, 0.2) is 52.1 Å². The molecule has 0 spiro atoms. The standard InChI is InChI=1S/C23H24ClFN4O2/c24-20-4-1-3-19-21(20)26-23(31)28(22(19)30)12-2-11-27-13-18-10-9-17(27)14-29(18)16-7-5-15(25)6-8-16/h1,3-8,17-18H,2,9-14H2,(H,26,31). The average molecular weight is 443 g/mol. The molecule has 6 rings (SSSR count). The van der Waals surface area contributed by atoms with Gasteiger partial charge in [0.1, 0.15) is 5.82 Å². The van der Waals surface area contributed by atoms with Crippen LogP contribution in [-0.4, -0.2) is 46.2 Å². The Morgan fingerprint density at radius 3 is 2.52 bits per heavy atom. The molecule has 1 aromatic heterocycles. The molecule has 3 saturated heterocycles. The summed E-state index contributed by atoms with van der Waals surface area (Å²) in [6.45, 7) is 3.07. The Kier molecular flexibility index (Phi) is 5.32. The van der Waals surface area contributed by atoms with Crippen molar-refractivity contribution < 1.29 is 4.39 Å². The topological polar surface area (TPSA) is 61.3 Å². The van der Waals surface area contributed by atoms with Crippen LogP contribution in [0.3, 0.4) is 0 Å². The number of anilines is 1. The Morgan fingerprint density at radius 2 is 1.77 bits per heavy atom. The van der Waals surface area contributed by atoms with Gasteiger partial charge < -0.3 is 9.88 Å². The molecular weight excluding hydrogens is 419 g/mol. The van der Waals surface area contributed by atoms with E-state index in [2.05, 4.69) is 14.8 Å².